The fraction of sp³-hybridized carbons (Fsp3) is 0.364. The van der Waals surface area contributed by atoms with Crippen molar-refractivity contribution in [2.45, 2.75) is 19.4 Å². The highest BCUT2D eigenvalue weighted by molar-refractivity contribution is 5.72. The highest BCUT2D eigenvalue weighted by atomic mass is 16.4. The van der Waals surface area contributed by atoms with Crippen LogP contribution in [-0.2, 0) is 11.2 Å². The fourth-order valence-corrected chi connectivity index (χ4v) is 1.18. The molecule has 1 rings (SSSR count). The summed E-state index contributed by atoms with van der Waals surface area (Å²) in [6, 6.07) is 6.36. The summed E-state index contributed by atoms with van der Waals surface area (Å²) in [7, 11) is 0. The lowest BCUT2D eigenvalue weighted by Crippen LogP contribution is -2.34. The largest absolute Gasteiger partial charge is 0.508 e. The van der Waals surface area contributed by atoms with Crippen LogP contribution in [-0.4, -0.2) is 28.8 Å². The van der Waals surface area contributed by atoms with E-state index in [0.29, 0.717) is 6.54 Å². The topological polar surface area (TPSA) is 69.6 Å². The fourth-order valence-electron chi connectivity index (χ4n) is 1.18. The molecule has 1 unspecified atom stereocenters. The predicted octanol–water partition coefficient (Wildman–Crippen LogP) is 0.997. The van der Waals surface area contributed by atoms with Crippen molar-refractivity contribution in [1.82, 2.24) is 5.32 Å². The average molecular weight is 209 g/mol. The van der Waals surface area contributed by atoms with E-state index in [9.17, 15) is 4.79 Å². The Hall–Kier alpha value is -1.55. The van der Waals surface area contributed by atoms with Crippen molar-refractivity contribution in [2.24, 2.45) is 0 Å². The SMILES string of the molecule is CC(NCCc1ccc(O)cc1)C(=O)O. The lowest BCUT2D eigenvalue weighted by molar-refractivity contribution is -0.138. The van der Waals surface area contributed by atoms with Crippen LogP contribution in [0.5, 0.6) is 5.75 Å². The third kappa shape index (κ3) is 3.99. The van der Waals surface area contributed by atoms with Gasteiger partial charge in [-0.25, -0.2) is 0 Å². The lowest BCUT2D eigenvalue weighted by atomic mass is 10.1. The molecule has 82 valence electrons. The van der Waals surface area contributed by atoms with Crippen LogP contribution in [0.2, 0.25) is 0 Å². The van der Waals surface area contributed by atoms with Gasteiger partial charge in [0.15, 0.2) is 0 Å². The Morgan fingerprint density at radius 1 is 1.40 bits per heavy atom. The first-order valence-electron chi connectivity index (χ1n) is 4.83. The summed E-state index contributed by atoms with van der Waals surface area (Å²) >= 11 is 0. The van der Waals surface area contributed by atoms with Crippen molar-refractivity contribution < 1.29 is 15.0 Å². The minimum atomic E-state index is -0.847. The number of aromatic hydroxyl groups is 1. The molecular weight excluding hydrogens is 194 g/mol. The van der Waals surface area contributed by atoms with Gasteiger partial charge in [-0.2, -0.15) is 0 Å². The summed E-state index contributed by atoms with van der Waals surface area (Å²) < 4.78 is 0. The van der Waals surface area contributed by atoms with Gasteiger partial charge in [-0.3, -0.25) is 4.79 Å². The smallest absolute Gasteiger partial charge is 0.320 e. The molecule has 0 bridgehead atoms. The minimum absolute atomic E-state index is 0.241. The van der Waals surface area contributed by atoms with Crippen molar-refractivity contribution in [3.8, 4) is 5.75 Å². The molecule has 0 fully saturated rings. The molecule has 0 spiro atoms. The molecular formula is C11H15NO3. The van der Waals surface area contributed by atoms with Gasteiger partial charge in [0.25, 0.3) is 0 Å². The van der Waals surface area contributed by atoms with Gasteiger partial charge < -0.3 is 15.5 Å². The first kappa shape index (κ1) is 11.5. The summed E-state index contributed by atoms with van der Waals surface area (Å²) in [6.45, 7) is 2.22. The van der Waals surface area contributed by atoms with Crippen LogP contribution >= 0.6 is 0 Å². The molecule has 0 saturated heterocycles. The number of carboxylic acids is 1. The van der Waals surface area contributed by atoms with Crippen molar-refractivity contribution >= 4 is 5.97 Å². The molecule has 0 aliphatic carbocycles. The predicted molar refractivity (Wildman–Crippen MR) is 56.9 cm³/mol. The Morgan fingerprint density at radius 2 is 2.00 bits per heavy atom. The van der Waals surface area contributed by atoms with E-state index >= 15 is 0 Å². The van der Waals surface area contributed by atoms with E-state index in [1.54, 1.807) is 19.1 Å². The maximum atomic E-state index is 10.5. The Kier molecular flexibility index (Phi) is 4.12. The summed E-state index contributed by atoms with van der Waals surface area (Å²) in [6.07, 6.45) is 0.748. The van der Waals surface area contributed by atoms with E-state index < -0.39 is 12.0 Å². The maximum Gasteiger partial charge on any atom is 0.320 e. The summed E-state index contributed by atoms with van der Waals surface area (Å²) in [4.78, 5) is 10.5. The van der Waals surface area contributed by atoms with Crippen molar-refractivity contribution in [3.05, 3.63) is 29.8 Å². The second kappa shape index (κ2) is 5.36. The van der Waals surface area contributed by atoms with E-state index in [1.165, 1.54) is 0 Å². The Balaban J connectivity index is 2.32. The number of phenolic OH excluding ortho intramolecular Hbond substituents is 1. The second-order valence-corrected chi connectivity index (χ2v) is 3.43. The van der Waals surface area contributed by atoms with Gasteiger partial charge in [0.1, 0.15) is 11.8 Å². The number of aliphatic carboxylic acids is 1. The van der Waals surface area contributed by atoms with Gasteiger partial charge in [-0.05, 0) is 37.6 Å². The van der Waals surface area contributed by atoms with Crippen LogP contribution in [0.1, 0.15) is 12.5 Å². The molecule has 0 saturated carbocycles. The monoisotopic (exact) mass is 209 g/mol. The third-order valence-corrected chi connectivity index (χ3v) is 2.17. The van der Waals surface area contributed by atoms with Crippen molar-refractivity contribution in [1.29, 1.82) is 0 Å². The number of nitrogens with one attached hydrogen (secondary N) is 1. The second-order valence-electron chi connectivity index (χ2n) is 3.43. The number of carbonyl (C=O) groups is 1. The zero-order valence-electron chi connectivity index (χ0n) is 8.60. The molecule has 1 aromatic carbocycles. The highest BCUT2D eigenvalue weighted by Crippen LogP contribution is 2.09. The Labute approximate surface area is 88.6 Å². The number of phenols is 1. The van der Waals surface area contributed by atoms with E-state index in [4.69, 9.17) is 10.2 Å². The van der Waals surface area contributed by atoms with Crippen molar-refractivity contribution in [2.75, 3.05) is 6.54 Å². The molecule has 4 nitrogen and oxygen atoms in total. The van der Waals surface area contributed by atoms with E-state index in [0.717, 1.165) is 12.0 Å². The summed E-state index contributed by atoms with van der Waals surface area (Å²) in [5.41, 5.74) is 1.07. The molecule has 0 aliphatic rings. The van der Waals surface area contributed by atoms with E-state index in [-0.39, 0.29) is 5.75 Å². The third-order valence-electron chi connectivity index (χ3n) is 2.17. The zero-order valence-corrected chi connectivity index (χ0v) is 8.60. The summed E-state index contributed by atoms with van der Waals surface area (Å²) in [5, 5.41) is 20.6. The number of hydrogen-bond donors (Lipinski definition) is 3. The average Bonchev–Trinajstić information content (AvgIpc) is 2.20. The first-order chi connectivity index (χ1) is 7.09. The van der Waals surface area contributed by atoms with Crippen LogP contribution in [0.4, 0.5) is 0 Å². The minimum Gasteiger partial charge on any atom is -0.508 e. The Morgan fingerprint density at radius 3 is 2.53 bits per heavy atom. The zero-order chi connectivity index (χ0) is 11.3. The quantitative estimate of drug-likeness (QED) is 0.676. The summed E-state index contributed by atoms with van der Waals surface area (Å²) in [5.74, 6) is -0.605. The van der Waals surface area contributed by atoms with Crippen LogP contribution in [0.15, 0.2) is 24.3 Å². The molecule has 0 radical (unpaired) electrons. The molecule has 15 heavy (non-hydrogen) atoms. The van der Waals surface area contributed by atoms with Gasteiger partial charge in [-0.15, -0.1) is 0 Å². The van der Waals surface area contributed by atoms with Crippen LogP contribution < -0.4 is 5.32 Å². The number of hydrogen-bond acceptors (Lipinski definition) is 3. The standard InChI is InChI=1S/C11H15NO3/c1-8(11(14)15)12-7-6-9-2-4-10(13)5-3-9/h2-5,8,12-13H,6-7H2,1H3,(H,14,15). The molecule has 0 aliphatic heterocycles. The highest BCUT2D eigenvalue weighted by Gasteiger charge is 2.08. The molecule has 1 aromatic rings. The van der Waals surface area contributed by atoms with E-state index in [1.807, 2.05) is 12.1 Å². The molecule has 1 atom stereocenters. The number of benzene rings is 1. The number of rotatable bonds is 5. The Bertz CT molecular complexity index is 321. The van der Waals surface area contributed by atoms with Gasteiger partial charge in [0.2, 0.25) is 0 Å². The van der Waals surface area contributed by atoms with Crippen LogP contribution in [0, 0.1) is 0 Å². The van der Waals surface area contributed by atoms with Gasteiger partial charge in [-0.1, -0.05) is 12.1 Å². The van der Waals surface area contributed by atoms with E-state index in [2.05, 4.69) is 5.32 Å². The van der Waals surface area contributed by atoms with Gasteiger partial charge >= 0.3 is 5.97 Å². The normalized spacial score (nSPS) is 12.3. The molecule has 0 heterocycles. The molecule has 4 heteroatoms. The molecule has 0 amide bonds. The van der Waals surface area contributed by atoms with Crippen molar-refractivity contribution in [3.63, 3.8) is 0 Å². The lowest BCUT2D eigenvalue weighted by Gasteiger charge is -2.08. The van der Waals surface area contributed by atoms with Gasteiger partial charge in [0.05, 0.1) is 0 Å². The first-order valence-corrected chi connectivity index (χ1v) is 4.83. The number of carboxylic acid groups (broad SMARTS) is 1. The molecule has 3 N–H and O–H groups in total. The molecule has 0 aromatic heterocycles. The maximum absolute atomic E-state index is 10.5. The van der Waals surface area contributed by atoms with Crippen LogP contribution in [0.3, 0.4) is 0 Å². The van der Waals surface area contributed by atoms with Gasteiger partial charge in [0, 0.05) is 0 Å². The van der Waals surface area contributed by atoms with Crippen LogP contribution in [0.25, 0.3) is 0 Å².